The van der Waals surface area contributed by atoms with Gasteiger partial charge < -0.3 is 9.88 Å². The Morgan fingerprint density at radius 3 is 2.80 bits per heavy atom. The van der Waals surface area contributed by atoms with Gasteiger partial charge in [-0.2, -0.15) is 11.8 Å². The van der Waals surface area contributed by atoms with E-state index in [4.69, 9.17) is 0 Å². The molecule has 0 aliphatic carbocycles. The number of aryl methyl sites for hydroxylation is 2. The summed E-state index contributed by atoms with van der Waals surface area (Å²) in [7, 11) is 2.03. The van der Waals surface area contributed by atoms with Gasteiger partial charge in [0.25, 0.3) is 0 Å². The Morgan fingerprint density at radius 1 is 1.15 bits per heavy atom. The molecule has 0 fully saturated rings. The van der Waals surface area contributed by atoms with Crippen molar-refractivity contribution in [3.8, 4) is 0 Å². The van der Waals surface area contributed by atoms with Crippen molar-refractivity contribution in [1.29, 1.82) is 0 Å². The van der Waals surface area contributed by atoms with Crippen LogP contribution in [0, 0.1) is 0 Å². The summed E-state index contributed by atoms with van der Waals surface area (Å²) >= 11 is 1.93. The number of hydrogen-bond donors (Lipinski definition) is 1. The van der Waals surface area contributed by atoms with E-state index in [1.165, 1.54) is 47.9 Å². The number of unbranched alkanes of at least 4 members (excludes halogenated alkanes) is 1. The van der Waals surface area contributed by atoms with E-state index in [9.17, 15) is 0 Å². The lowest BCUT2D eigenvalue weighted by Crippen LogP contribution is -2.07. The van der Waals surface area contributed by atoms with Gasteiger partial charge in [0.15, 0.2) is 0 Å². The Kier molecular flexibility index (Phi) is 6.48. The van der Waals surface area contributed by atoms with Crippen LogP contribution in [0.5, 0.6) is 0 Å². The average Bonchev–Trinajstić information content (AvgIpc) is 2.83. The fourth-order valence-electron chi connectivity index (χ4n) is 2.70. The van der Waals surface area contributed by atoms with Crippen LogP contribution in [0.25, 0.3) is 10.9 Å². The Morgan fingerprint density at radius 2 is 2.00 bits per heavy atom. The van der Waals surface area contributed by atoms with Gasteiger partial charge in [-0.05, 0) is 62.9 Å². The quantitative estimate of drug-likeness (QED) is 0.705. The van der Waals surface area contributed by atoms with Crippen molar-refractivity contribution in [2.24, 2.45) is 0 Å². The minimum absolute atomic E-state index is 1.12. The maximum atomic E-state index is 3.22. The molecule has 0 spiro atoms. The van der Waals surface area contributed by atoms with Gasteiger partial charge in [-0.25, -0.2) is 0 Å². The Labute approximate surface area is 126 Å². The molecule has 1 heterocycles. The van der Waals surface area contributed by atoms with E-state index < -0.39 is 0 Å². The van der Waals surface area contributed by atoms with Crippen molar-refractivity contribution in [1.82, 2.24) is 9.88 Å². The molecular formula is C17H26N2S. The van der Waals surface area contributed by atoms with E-state index in [2.05, 4.69) is 46.6 Å². The zero-order valence-corrected chi connectivity index (χ0v) is 13.5. The highest BCUT2D eigenvalue weighted by atomic mass is 32.2. The second-order valence-electron chi connectivity index (χ2n) is 5.27. The van der Waals surface area contributed by atoms with E-state index >= 15 is 0 Å². The van der Waals surface area contributed by atoms with Gasteiger partial charge in [-0.15, -0.1) is 0 Å². The van der Waals surface area contributed by atoms with Crippen LogP contribution >= 0.6 is 11.8 Å². The van der Waals surface area contributed by atoms with Crippen molar-refractivity contribution in [2.45, 2.75) is 32.2 Å². The summed E-state index contributed by atoms with van der Waals surface area (Å²) in [6.07, 6.45) is 9.52. The molecule has 20 heavy (non-hydrogen) atoms. The molecule has 0 aliphatic rings. The second-order valence-corrected chi connectivity index (χ2v) is 6.26. The van der Waals surface area contributed by atoms with Gasteiger partial charge in [-0.3, -0.25) is 0 Å². The molecule has 1 aromatic carbocycles. The minimum Gasteiger partial charge on any atom is -0.347 e. The third kappa shape index (κ3) is 4.03. The molecular weight excluding hydrogens is 264 g/mol. The van der Waals surface area contributed by atoms with E-state index in [0.29, 0.717) is 0 Å². The van der Waals surface area contributed by atoms with Gasteiger partial charge in [-0.1, -0.05) is 18.2 Å². The van der Waals surface area contributed by atoms with Crippen LogP contribution in [-0.4, -0.2) is 30.2 Å². The molecule has 3 heteroatoms. The second kappa shape index (κ2) is 8.38. The minimum atomic E-state index is 1.12. The fourth-order valence-corrected chi connectivity index (χ4v) is 3.12. The first-order chi connectivity index (χ1) is 9.86. The largest absolute Gasteiger partial charge is 0.347 e. The molecule has 110 valence electrons. The molecule has 0 saturated carbocycles. The maximum absolute atomic E-state index is 3.22. The molecule has 2 aromatic rings. The van der Waals surface area contributed by atoms with E-state index in [0.717, 1.165) is 13.1 Å². The summed E-state index contributed by atoms with van der Waals surface area (Å²) in [5.41, 5.74) is 2.91. The zero-order chi connectivity index (χ0) is 14.2. The predicted molar refractivity (Wildman–Crippen MR) is 91.8 cm³/mol. The van der Waals surface area contributed by atoms with Crippen LogP contribution in [0.3, 0.4) is 0 Å². The molecule has 2 nitrogen and oxygen atoms in total. The van der Waals surface area contributed by atoms with E-state index in [1.54, 1.807) is 0 Å². The van der Waals surface area contributed by atoms with Crippen LogP contribution in [0.1, 0.15) is 24.8 Å². The van der Waals surface area contributed by atoms with Crippen LogP contribution in [0.15, 0.2) is 30.5 Å². The fraction of sp³-hybridized carbons (Fsp3) is 0.529. The van der Waals surface area contributed by atoms with E-state index in [-0.39, 0.29) is 0 Å². The highest BCUT2D eigenvalue weighted by Gasteiger charge is 2.07. The van der Waals surface area contributed by atoms with Crippen LogP contribution in [-0.2, 0) is 13.0 Å². The lowest BCUT2D eigenvalue weighted by molar-refractivity contribution is 0.672. The number of aromatic nitrogens is 1. The molecule has 0 amide bonds. The number of rotatable bonds is 9. The molecule has 2 rings (SSSR count). The Bertz CT molecular complexity index is 519. The van der Waals surface area contributed by atoms with Crippen LogP contribution in [0.4, 0.5) is 0 Å². The highest BCUT2D eigenvalue weighted by molar-refractivity contribution is 7.98. The van der Waals surface area contributed by atoms with Gasteiger partial charge in [0.05, 0.1) is 0 Å². The summed E-state index contributed by atoms with van der Waals surface area (Å²) < 4.78 is 2.44. The van der Waals surface area contributed by atoms with Crippen LogP contribution in [0.2, 0.25) is 0 Å². The summed E-state index contributed by atoms with van der Waals surface area (Å²) in [5, 5.41) is 4.67. The summed E-state index contributed by atoms with van der Waals surface area (Å²) in [6, 6.07) is 8.84. The van der Waals surface area contributed by atoms with Crippen LogP contribution < -0.4 is 5.32 Å². The number of nitrogens with zero attached hydrogens (tertiary/aromatic N) is 1. The standard InChI is InChI=1S/C17H26N2S/c1-18-11-6-5-8-15-14-19(12-7-13-20-2)17-10-4-3-9-16(15)17/h3-4,9-10,14,18H,5-8,11-13H2,1-2H3. The normalized spacial score (nSPS) is 11.3. The lowest BCUT2D eigenvalue weighted by Gasteiger charge is -2.03. The van der Waals surface area contributed by atoms with Gasteiger partial charge in [0.1, 0.15) is 0 Å². The van der Waals surface area contributed by atoms with Crippen molar-refractivity contribution >= 4 is 22.7 Å². The van der Waals surface area contributed by atoms with Crippen molar-refractivity contribution < 1.29 is 0 Å². The number of thioether (sulfide) groups is 1. The number of para-hydroxylation sites is 1. The molecule has 0 bridgehead atoms. The maximum Gasteiger partial charge on any atom is 0.0483 e. The number of benzene rings is 1. The van der Waals surface area contributed by atoms with Crippen molar-refractivity contribution in [3.63, 3.8) is 0 Å². The summed E-state index contributed by atoms with van der Waals surface area (Å²) in [5.74, 6) is 1.24. The first kappa shape index (κ1) is 15.5. The summed E-state index contributed by atoms with van der Waals surface area (Å²) in [4.78, 5) is 0. The third-order valence-electron chi connectivity index (χ3n) is 3.74. The predicted octanol–water partition coefficient (Wildman–Crippen LogP) is 3.94. The highest BCUT2D eigenvalue weighted by Crippen LogP contribution is 2.23. The molecule has 0 saturated heterocycles. The molecule has 1 N–H and O–H groups in total. The van der Waals surface area contributed by atoms with Crippen molar-refractivity contribution in [3.05, 3.63) is 36.0 Å². The van der Waals surface area contributed by atoms with Gasteiger partial charge in [0, 0.05) is 23.6 Å². The lowest BCUT2D eigenvalue weighted by atomic mass is 10.1. The number of hydrogen-bond acceptors (Lipinski definition) is 2. The average molecular weight is 290 g/mol. The Hall–Kier alpha value is -0.930. The molecule has 0 atom stereocenters. The number of fused-ring (bicyclic) bond motifs is 1. The first-order valence-corrected chi connectivity index (χ1v) is 8.96. The van der Waals surface area contributed by atoms with E-state index in [1.807, 2.05) is 18.8 Å². The molecule has 0 unspecified atom stereocenters. The summed E-state index contributed by atoms with van der Waals surface area (Å²) in [6.45, 7) is 2.25. The molecule has 0 aliphatic heterocycles. The van der Waals surface area contributed by atoms with Gasteiger partial charge in [0.2, 0.25) is 0 Å². The third-order valence-corrected chi connectivity index (χ3v) is 4.44. The monoisotopic (exact) mass is 290 g/mol. The van der Waals surface area contributed by atoms with Gasteiger partial charge >= 0.3 is 0 Å². The SMILES string of the molecule is CNCCCCc1cn(CCCSC)c2ccccc12. The first-order valence-electron chi connectivity index (χ1n) is 7.57. The topological polar surface area (TPSA) is 17.0 Å². The zero-order valence-electron chi connectivity index (χ0n) is 12.7. The number of nitrogens with one attached hydrogen (secondary N) is 1. The molecule has 0 radical (unpaired) electrons. The Balaban J connectivity index is 2.09. The van der Waals surface area contributed by atoms with Crippen molar-refractivity contribution in [2.75, 3.05) is 25.6 Å². The smallest absolute Gasteiger partial charge is 0.0483 e. The molecule has 1 aromatic heterocycles.